The summed E-state index contributed by atoms with van der Waals surface area (Å²) in [5.74, 6) is 0.0201. The molecule has 0 saturated heterocycles. The molecule has 0 heterocycles. The molecule has 0 spiro atoms. The van der Waals surface area contributed by atoms with Gasteiger partial charge in [-0.3, -0.25) is 9.59 Å². The second-order valence-corrected chi connectivity index (χ2v) is 6.67. The number of carbonyl (C=O) groups is 2. The topological polar surface area (TPSA) is 99.0 Å². The van der Waals surface area contributed by atoms with E-state index >= 15 is 0 Å². The van der Waals surface area contributed by atoms with Gasteiger partial charge in [-0.15, -0.1) is 5.11 Å². The second-order valence-electron chi connectivity index (χ2n) is 6.33. The number of para-hydroxylation sites is 1. The minimum absolute atomic E-state index is 0.180. The Balaban J connectivity index is 2.46. The third-order valence-electron chi connectivity index (χ3n) is 4.25. The van der Waals surface area contributed by atoms with Crippen LogP contribution in [0.15, 0.2) is 46.6 Å². The molecule has 0 aromatic heterocycles. The van der Waals surface area contributed by atoms with Crippen LogP contribution >= 0.6 is 11.8 Å². The fourth-order valence-corrected chi connectivity index (χ4v) is 3.07. The van der Waals surface area contributed by atoms with Crippen LogP contribution in [0.2, 0.25) is 0 Å². The van der Waals surface area contributed by atoms with E-state index in [1.54, 1.807) is 50.2 Å². The van der Waals surface area contributed by atoms with Crippen LogP contribution in [0, 0.1) is 0 Å². The number of amides is 1. The van der Waals surface area contributed by atoms with E-state index in [1.165, 1.54) is 21.1 Å². The summed E-state index contributed by atoms with van der Waals surface area (Å²) in [6.45, 7) is 5.50. The van der Waals surface area contributed by atoms with E-state index in [1.807, 2.05) is 0 Å². The molecule has 0 fully saturated rings. The van der Waals surface area contributed by atoms with E-state index in [4.69, 9.17) is 30.7 Å². The van der Waals surface area contributed by atoms with Crippen LogP contribution in [0.3, 0.4) is 0 Å². The molecule has 0 aliphatic carbocycles. The van der Waals surface area contributed by atoms with Crippen LogP contribution in [0.5, 0.6) is 23.0 Å². The maximum atomic E-state index is 13.2. The van der Waals surface area contributed by atoms with Gasteiger partial charge in [0.25, 0.3) is 5.91 Å². The van der Waals surface area contributed by atoms with Crippen molar-refractivity contribution in [1.29, 1.82) is 0 Å². The first-order valence-electron chi connectivity index (χ1n) is 9.90. The van der Waals surface area contributed by atoms with E-state index in [2.05, 4.69) is 10.2 Å². The highest BCUT2D eigenvalue weighted by Gasteiger charge is 2.32. The first-order chi connectivity index (χ1) is 15.4. The maximum absolute atomic E-state index is 13.2. The van der Waals surface area contributed by atoms with Crippen molar-refractivity contribution in [2.75, 3.05) is 31.9 Å². The average Bonchev–Trinajstić information content (AvgIpc) is 2.79. The van der Waals surface area contributed by atoms with Crippen molar-refractivity contribution in [1.82, 2.24) is 0 Å². The molecule has 2 rings (SSSR count). The highest BCUT2D eigenvalue weighted by atomic mass is 35.5. The molecular weight excluding hydrogens is 438 g/mol. The van der Waals surface area contributed by atoms with E-state index in [0.717, 1.165) is 4.42 Å². The van der Waals surface area contributed by atoms with Crippen LogP contribution in [-0.2, 0) is 9.59 Å². The van der Waals surface area contributed by atoms with Gasteiger partial charge < -0.3 is 18.9 Å². The highest BCUT2D eigenvalue weighted by molar-refractivity contribution is 6.39. The van der Waals surface area contributed by atoms with Gasteiger partial charge in [0.05, 0.1) is 27.4 Å². The van der Waals surface area contributed by atoms with Crippen molar-refractivity contribution in [2.45, 2.75) is 26.8 Å². The van der Waals surface area contributed by atoms with Gasteiger partial charge >= 0.3 is 0 Å². The van der Waals surface area contributed by atoms with Crippen molar-refractivity contribution in [3.63, 3.8) is 0 Å². The molecule has 0 aliphatic rings. The van der Waals surface area contributed by atoms with Crippen molar-refractivity contribution >= 4 is 34.8 Å². The highest BCUT2D eigenvalue weighted by Crippen LogP contribution is 2.40. The molecule has 0 bridgehead atoms. The molecule has 1 amide bonds. The Labute approximate surface area is 192 Å². The number of hydrogen-bond acceptors (Lipinski definition) is 8. The lowest BCUT2D eigenvalue weighted by Crippen LogP contribution is -2.36. The zero-order valence-electron chi connectivity index (χ0n) is 18.6. The number of nitrogens with zero attached hydrogens (tertiary/aromatic N) is 3. The Morgan fingerprint density at radius 1 is 0.938 bits per heavy atom. The van der Waals surface area contributed by atoms with Gasteiger partial charge in [-0.1, -0.05) is 12.1 Å². The molecular formula is C22H26ClN3O6. The fourth-order valence-electron chi connectivity index (χ4n) is 2.81. The van der Waals surface area contributed by atoms with Crippen LogP contribution in [-0.4, -0.2) is 45.2 Å². The minimum Gasteiger partial charge on any atom is -0.494 e. The molecule has 1 atom stereocenters. The number of methoxy groups -OCH3 is 2. The van der Waals surface area contributed by atoms with E-state index in [0.29, 0.717) is 36.2 Å². The largest absolute Gasteiger partial charge is 0.494 e. The Hall–Kier alpha value is -3.33. The number of ketones is 1. The van der Waals surface area contributed by atoms with Gasteiger partial charge in [0.15, 0.2) is 11.5 Å². The van der Waals surface area contributed by atoms with Crippen molar-refractivity contribution < 1.29 is 28.5 Å². The minimum atomic E-state index is -1.51. The number of halogens is 1. The third-order valence-corrected chi connectivity index (χ3v) is 4.58. The Bertz CT molecular complexity index is 936. The molecule has 0 N–H and O–H groups in total. The Kier molecular flexibility index (Phi) is 9.27. The Morgan fingerprint density at radius 3 is 1.81 bits per heavy atom. The molecule has 172 valence electrons. The third kappa shape index (κ3) is 5.67. The smallest absolute Gasteiger partial charge is 0.276 e. The molecule has 10 heteroatoms. The number of benzene rings is 2. The fraction of sp³-hybridized carbons (Fsp3) is 0.364. The average molecular weight is 464 g/mol. The van der Waals surface area contributed by atoms with Gasteiger partial charge in [0, 0.05) is 11.8 Å². The molecule has 0 aliphatic heterocycles. The van der Waals surface area contributed by atoms with E-state index in [-0.39, 0.29) is 11.4 Å². The summed E-state index contributed by atoms with van der Waals surface area (Å²) >= 11 is 6.40. The number of anilines is 1. The van der Waals surface area contributed by atoms with Gasteiger partial charge in [0.1, 0.15) is 28.7 Å². The predicted octanol–water partition coefficient (Wildman–Crippen LogP) is 4.73. The van der Waals surface area contributed by atoms with Crippen molar-refractivity contribution in [3.8, 4) is 23.0 Å². The predicted molar refractivity (Wildman–Crippen MR) is 121 cm³/mol. The monoisotopic (exact) mass is 463 g/mol. The van der Waals surface area contributed by atoms with Crippen LogP contribution in [0.1, 0.15) is 20.8 Å². The summed E-state index contributed by atoms with van der Waals surface area (Å²) in [6, 6.07) is 8.52. The van der Waals surface area contributed by atoms with E-state index in [9.17, 15) is 9.59 Å². The number of rotatable bonds is 11. The number of hydrogen-bond donors (Lipinski definition) is 0. The first kappa shape index (κ1) is 24.9. The zero-order chi connectivity index (χ0) is 23.7. The van der Waals surface area contributed by atoms with E-state index < -0.39 is 17.7 Å². The second kappa shape index (κ2) is 11.9. The number of azo groups is 1. The lowest BCUT2D eigenvalue weighted by atomic mass is 10.2. The lowest BCUT2D eigenvalue weighted by Gasteiger charge is -2.22. The summed E-state index contributed by atoms with van der Waals surface area (Å²) in [4.78, 5) is 25.5. The van der Waals surface area contributed by atoms with Gasteiger partial charge in [-0.2, -0.15) is 5.11 Å². The molecule has 2 aromatic rings. The van der Waals surface area contributed by atoms with Crippen molar-refractivity contribution in [3.05, 3.63) is 36.4 Å². The molecule has 2 aromatic carbocycles. The molecule has 0 radical (unpaired) electrons. The molecule has 0 saturated carbocycles. The van der Waals surface area contributed by atoms with Crippen LogP contribution in [0.25, 0.3) is 0 Å². The number of Topliss-reactive ketones (excluding diaryl/α,β-unsaturated/α-hetero) is 1. The Morgan fingerprint density at radius 2 is 1.41 bits per heavy atom. The zero-order valence-corrected chi connectivity index (χ0v) is 19.4. The number of ether oxygens (including phenoxy) is 4. The van der Waals surface area contributed by atoms with Crippen molar-refractivity contribution in [2.24, 2.45) is 10.2 Å². The van der Waals surface area contributed by atoms with Gasteiger partial charge in [-0.25, -0.2) is 4.42 Å². The SMILES string of the molecule is CCOc1cccc(OCC)c1N(Cl)C(=O)C(N=Nc1c(OC)cccc1OC)C(C)=O. The van der Waals surface area contributed by atoms with Crippen LogP contribution in [0.4, 0.5) is 11.4 Å². The summed E-state index contributed by atoms with van der Waals surface area (Å²) in [7, 11) is 2.92. The van der Waals surface area contributed by atoms with Gasteiger partial charge in [-0.05, 0) is 45.0 Å². The standard InChI is InChI=1S/C22H26ClN3O6/c1-6-31-17-12-9-13-18(32-7-2)21(17)26(23)22(28)19(14(3)27)24-25-20-15(29-4)10-8-11-16(20)30-5/h8-13,19H,6-7H2,1-5H3. The normalized spacial score (nSPS) is 11.7. The number of carbonyl (C=O) groups excluding carboxylic acids is 2. The molecule has 1 unspecified atom stereocenters. The maximum Gasteiger partial charge on any atom is 0.276 e. The lowest BCUT2D eigenvalue weighted by molar-refractivity contribution is -0.126. The summed E-state index contributed by atoms with van der Waals surface area (Å²) < 4.78 is 22.5. The molecule has 32 heavy (non-hydrogen) atoms. The quantitative estimate of drug-likeness (QED) is 0.271. The van der Waals surface area contributed by atoms with Crippen LogP contribution < -0.4 is 23.4 Å². The molecule has 9 nitrogen and oxygen atoms in total. The first-order valence-corrected chi connectivity index (χ1v) is 10.2. The summed E-state index contributed by atoms with van der Waals surface area (Å²) in [5.41, 5.74) is 0.418. The summed E-state index contributed by atoms with van der Waals surface area (Å²) in [5, 5.41) is 8.04. The summed E-state index contributed by atoms with van der Waals surface area (Å²) in [6.07, 6.45) is 0. The van der Waals surface area contributed by atoms with Gasteiger partial charge in [0.2, 0.25) is 6.04 Å².